The average molecular weight is 511 g/mol. The summed E-state index contributed by atoms with van der Waals surface area (Å²) in [5.74, 6) is -1.79. The number of ether oxygens (including phenoxy) is 1. The molecule has 0 saturated carbocycles. The van der Waals surface area contributed by atoms with Crippen molar-refractivity contribution in [2.45, 2.75) is 19.2 Å². The fourth-order valence-corrected chi connectivity index (χ4v) is 4.07. The molecule has 0 radical (unpaired) electrons. The monoisotopic (exact) mass is 511 g/mol. The molecule has 0 spiro atoms. The molecule has 2 aliphatic heterocycles. The molecule has 3 amide bonds. The van der Waals surface area contributed by atoms with Crippen LogP contribution in [0.5, 0.6) is 0 Å². The zero-order chi connectivity index (χ0) is 25.8. The van der Waals surface area contributed by atoms with Crippen molar-refractivity contribution in [3.05, 3.63) is 66.3 Å². The zero-order valence-electron chi connectivity index (χ0n) is 19.6. The van der Waals surface area contributed by atoms with Gasteiger partial charge in [0, 0.05) is 50.0 Å². The van der Waals surface area contributed by atoms with Gasteiger partial charge in [-0.2, -0.15) is 5.10 Å². The number of benzene rings is 1. The van der Waals surface area contributed by atoms with Crippen LogP contribution < -0.4 is 15.2 Å². The van der Waals surface area contributed by atoms with Gasteiger partial charge in [-0.15, -0.1) is 5.10 Å². The Morgan fingerprint density at radius 1 is 1.19 bits per heavy atom. The van der Waals surface area contributed by atoms with Crippen molar-refractivity contribution in [2.75, 3.05) is 36.1 Å². The minimum absolute atomic E-state index is 0.0278. The number of pyridine rings is 1. The molecule has 3 aromatic rings. The van der Waals surface area contributed by atoms with E-state index in [1.165, 1.54) is 27.0 Å². The third-order valence-electron chi connectivity index (χ3n) is 5.87. The van der Waals surface area contributed by atoms with Crippen LogP contribution in [0.1, 0.15) is 5.56 Å². The Kier molecular flexibility index (Phi) is 6.87. The lowest BCUT2D eigenvalue weighted by atomic mass is 10.2. The summed E-state index contributed by atoms with van der Waals surface area (Å²) in [6.07, 6.45) is 6.57. The standard InChI is InChI=1S/C23H23F2N9O3/c24-19-10-17(33-15-18(37-23(33)36)14-32-7-4-28-30-32)11-20(25)21(19)34-9-8-31(6-5-29-34)22(35)27-13-16-2-1-3-26-12-16/h1-5,7,10-12,18H,6,8-9,13-15H2,(H,27,35)/t18-/m0/s1. The Balaban J connectivity index is 1.22. The number of rotatable bonds is 6. The Labute approximate surface area is 210 Å². The molecular formula is C23H23F2N9O3. The number of urea groups is 1. The van der Waals surface area contributed by atoms with Crippen molar-refractivity contribution >= 4 is 29.7 Å². The number of carbonyl (C=O) groups is 2. The highest BCUT2D eigenvalue weighted by Gasteiger charge is 2.34. The van der Waals surface area contributed by atoms with Crippen LogP contribution in [0.4, 0.5) is 29.7 Å². The minimum atomic E-state index is -0.894. The van der Waals surface area contributed by atoms with Gasteiger partial charge in [0.25, 0.3) is 0 Å². The number of hydrogen-bond donors (Lipinski definition) is 1. The Morgan fingerprint density at radius 3 is 2.76 bits per heavy atom. The van der Waals surface area contributed by atoms with E-state index in [1.807, 2.05) is 6.07 Å². The summed E-state index contributed by atoms with van der Waals surface area (Å²) in [6, 6.07) is 5.41. The molecule has 192 valence electrons. The van der Waals surface area contributed by atoms with E-state index in [1.54, 1.807) is 24.7 Å². The smallest absolute Gasteiger partial charge is 0.414 e. The SMILES string of the molecule is O=C(NCc1cccnc1)N1CC=NN(c2c(F)cc(N3C[C@H](Cn4ccnn4)OC3=O)cc2F)CC1. The quantitative estimate of drug-likeness (QED) is 0.537. The summed E-state index contributed by atoms with van der Waals surface area (Å²) < 4.78 is 37.0. The van der Waals surface area contributed by atoms with Gasteiger partial charge in [0.15, 0.2) is 11.6 Å². The van der Waals surface area contributed by atoms with Crippen LogP contribution >= 0.6 is 0 Å². The van der Waals surface area contributed by atoms with Crippen molar-refractivity contribution < 1.29 is 23.1 Å². The Hall–Kier alpha value is -4.62. The molecule has 1 saturated heterocycles. The van der Waals surface area contributed by atoms with Crippen LogP contribution in [0.15, 0.2) is 54.2 Å². The van der Waals surface area contributed by atoms with Crippen molar-refractivity contribution in [1.82, 2.24) is 30.2 Å². The van der Waals surface area contributed by atoms with E-state index < -0.39 is 23.8 Å². The molecule has 37 heavy (non-hydrogen) atoms. The Bertz CT molecular complexity index is 1270. The van der Waals surface area contributed by atoms with Crippen LogP contribution in [-0.4, -0.2) is 75.5 Å². The fourth-order valence-electron chi connectivity index (χ4n) is 4.07. The number of amides is 3. The first kappa shape index (κ1) is 24.1. The third-order valence-corrected chi connectivity index (χ3v) is 5.87. The predicted octanol–water partition coefficient (Wildman–Crippen LogP) is 1.99. The number of hydrogen-bond acceptors (Lipinski definition) is 8. The molecule has 1 aromatic carbocycles. The average Bonchev–Trinajstić information content (AvgIpc) is 3.46. The highest BCUT2D eigenvalue weighted by Crippen LogP contribution is 2.31. The summed E-state index contributed by atoms with van der Waals surface area (Å²) in [5, 5.41) is 15.6. The van der Waals surface area contributed by atoms with Gasteiger partial charge >= 0.3 is 12.1 Å². The molecule has 1 fully saturated rings. The first-order valence-electron chi connectivity index (χ1n) is 11.5. The normalized spacial score (nSPS) is 17.6. The first-order chi connectivity index (χ1) is 18.0. The van der Waals surface area contributed by atoms with Crippen LogP contribution in [0.3, 0.4) is 0 Å². The summed E-state index contributed by atoms with van der Waals surface area (Å²) in [6.45, 7) is 1.08. The summed E-state index contributed by atoms with van der Waals surface area (Å²) in [4.78, 5) is 31.6. The molecule has 0 unspecified atom stereocenters. The molecule has 0 bridgehead atoms. The lowest BCUT2D eigenvalue weighted by Crippen LogP contribution is -2.42. The van der Waals surface area contributed by atoms with Crippen LogP contribution in [-0.2, 0) is 17.8 Å². The van der Waals surface area contributed by atoms with Crippen LogP contribution in [0, 0.1) is 11.6 Å². The van der Waals surface area contributed by atoms with E-state index in [9.17, 15) is 9.59 Å². The number of cyclic esters (lactones) is 1. The molecule has 2 aliphatic rings. The van der Waals surface area contributed by atoms with Gasteiger partial charge in [0.2, 0.25) is 0 Å². The van der Waals surface area contributed by atoms with Gasteiger partial charge in [0.05, 0.1) is 38.1 Å². The molecule has 14 heteroatoms. The van der Waals surface area contributed by atoms with Gasteiger partial charge in [-0.25, -0.2) is 23.1 Å². The number of halogens is 2. The van der Waals surface area contributed by atoms with E-state index in [-0.39, 0.29) is 50.1 Å². The van der Waals surface area contributed by atoms with E-state index in [4.69, 9.17) is 4.74 Å². The number of nitrogens with one attached hydrogen (secondary N) is 1. The van der Waals surface area contributed by atoms with Crippen molar-refractivity contribution in [3.8, 4) is 0 Å². The van der Waals surface area contributed by atoms with Gasteiger partial charge < -0.3 is 15.0 Å². The number of aromatic nitrogens is 4. The van der Waals surface area contributed by atoms with Crippen molar-refractivity contribution in [3.63, 3.8) is 0 Å². The molecule has 12 nitrogen and oxygen atoms in total. The molecule has 1 atom stereocenters. The summed E-state index contributed by atoms with van der Waals surface area (Å²) in [5.41, 5.74) is 0.501. The van der Waals surface area contributed by atoms with E-state index in [2.05, 4.69) is 25.7 Å². The summed E-state index contributed by atoms with van der Waals surface area (Å²) >= 11 is 0. The topological polar surface area (TPSA) is 121 Å². The van der Waals surface area contributed by atoms with Gasteiger partial charge in [-0.3, -0.25) is 14.9 Å². The molecule has 0 aliphatic carbocycles. The Morgan fingerprint density at radius 2 is 2.03 bits per heavy atom. The first-order valence-corrected chi connectivity index (χ1v) is 11.5. The zero-order valence-corrected chi connectivity index (χ0v) is 19.6. The number of carbonyl (C=O) groups excluding carboxylic acids is 2. The van der Waals surface area contributed by atoms with Gasteiger partial charge in [-0.1, -0.05) is 11.3 Å². The predicted molar refractivity (Wildman–Crippen MR) is 128 cm³/mol. The summed E-state index contributed by atoms with van der Waals surface area (Å²) in [7, 11) is 0. The van der Waals surface area contributed by atoms with Gasteiger partial charge in [-0.05, 0) is 11.6 Å². The second kappa shape index (κ2) is 10.6. The van der Waals surface area contributed by atoms with E-state index in [0.717, 1.165) is 22.6 Å². The minimum Gasteiger partial charge on any atom is -0.442 e. The van der Waals surface area contributed by atoms with Crippen molar-refractivity contribution in [2.24, 2.45) is 5.10 Å². The van der Waals surface area contributed by atoms with Crippen LogP contribution in [0.2, 0.25) is 0 Å². The lowest BCUT2D eigenvalue weighted by molar-refractivity contribution is 0.129. The molecule has 1 N–H and O–H groups in total. The van der Waals surface area contributed by atoms with Gasteiger partial charge in [0.1, 0.15) is 11.8 Å². The number of anilines is 2. The largest absolute Gasteiger partial charge is 0.442 e. The second-order valence-electron chi connectivity index (χ2n) is 8.39. The molecule has 5 rings (SSSR count). The lowest BCUT2D eigenvalue weighted by Gasteiger charge is -2.23. The van der Waals surface area contributed by atoms with Crippen molar-refractivity contribution in [1.29, 1.82) is 0 Å². The van der Waals surface area contributed by atoms with E-state index >= 15 is 8.78 Å². The second-order valence-corrected chi connectivity index (χ2v) is 8.39. The highest BCUT2D eigenvalue weighted by molar-refractivity contribution is 5.90. The highest BCUT2D eigenvalue weighted by atomic mass is 19.1. The van der Waals surface area contributed by atoms with Crippen LogP contribution in [0.25, 0.3) is 0 Å². The number of hydrazone groups is 1. The molecular weight excluding hydrogens is 488 g/mol. The molecule has 2 aromatic heterocycles. The molecule has 4 heterocycles. The maximum absolute atomic E-state index is 15.1. The maximum atomic E-state index is 15.1. The van der Waals surface area contributed by atoms with E-state index in [0.29, 0.717) is 6.54 Å². The third kappa shape index (κ3) is 5.47. The fraction of sp³-hybridized carbons (Fsp3) is 0.304. The number of nitrogens with zero attached hydrogens (tertiary/aromatic N) is 8. The maximum Gasteiger partial charge on any atom is 0.414 e.